The lowest BCUT2D eigenvalue weighted by atomic mass is 10.1. The molecule has 184 valence electrons. The van der Waals surface area contributed by atoms with Crippen LogP contribution in [0.4, 0.5) is 22.7 Å². The van der Waals surface area contributed by atoms with Crippen molar-refractivity contribution in [3.8, 4) is 0 Å². The number of hydrogen-bond donors (Lipinski definition) is 2. The highest BCUT2D eigenvalue weighted by Gasteiger charge is 2.40. The number of unbranched alkanes of at least 4 members (excludes halogenated alkanes) is 2. The van der Waals surface area contributed by atoms with Crippen molar-refractivity contribution in [1.82, 2.24) is 4.90 Å². The molecule has 4 rings (SSSR count). The molecule has 3 aromatic rings. The first-order chi connectivity index (χ1) is 17.3. The molecule has 0 aromatic heterocycles. The van der Waals surface area contributed by atoms with Crippen molar-refractivity contribution in [2.45, 2.75) is 32.6 Å². The second-order valence-corrected chi connectivity index (χ2v) is 8.61. The minimum atomic E-state index is -0.652. The van der Waals surface area contributed by atoms with Crippen LogP contribution in [0.1, 0.15) is 52.0 Å². The molecule has 2 N–H and O–H groups in total. The summed E-state index contributed by atoms with van der Waals surface area (Å²) in [6, 6.07) is 19.5. The van der Waals surface area contributed by atoms with Crippen molar-refractivity contribution in [1.29, 1.82) is 0 Å². The van der Waals surface area contributed by atoms with Crippen LogP contribution in [0.2, 0.25) is 0 Å². The fraction of sp³-hybridized carbons (Fsp3) is 0.222. The van der Waals surface area contributed by atoms with E-state index in [0.29, 0.717) is 24.9 Å². The Morgan fingerprint density at radius 3 is 2.33 bits per heavy atom. The second-order valence-electron chi connectivity index (χ2n) is 8.61. The van der Waals surface area contributed by atoms with Crippen LogP contribution in [-0.2, 0) is 4.79 Å². The number of para-hydroxylation sites is 2. The van der Waals surface area contributed by atoms with Gasteiger partial charge in [-0.3, -0.25) is 29.4 Å². The fourth-order valence-corrected chi connectivity index (χ4v) is 4.11. The van der Waals surface area contributed by atoms with Gasteiger partial charge < -0.3 is 10.6 Å². The van der Waals surface area contributed by atoms with E-state index in [4.69, 9.17) is 0 Å². The van der Waals surface area contributed by atoms with Gasteiger partial charge in [0, 0.05) is 24.7 Å². The molecule has 3 amide bonds. The number of imide groups is 1. The molecule has 0 saturated carbocycles. The van der Waals surface area contributed by atoms with E-state index in [1.165, 1.54) is 18.2 Å². The number of aryl methyl sites for hydroxylation is 1. The zero-order chi connectivity index (χ0) is 25.7. The van der Waals surface area contributed by atoms with Gasteiger partial charge in [0.15, 0.2) is 0 Å². The molecule has 1 aliphatic heterocycles. The molecule has 0 fully saturated rings. The molecule has 36 heavy (non-hydrogen) atoms. The Balaban J connectivity index is 1.25. The van der Waals surface area contributed by atoms with E-state index in [9.17, 15) is 24.5 Å². The molecule has 0 aliphatic carbocycles. The quantitative estimate of drug-likeness (QED) is 0.170. The van der Waals surface area contributed by atoms with Gasteiger partial charge in [-0.25, -0.2) is 0 Å². The molecule has 1 heterocycles. The average Bonchev–Trinajstić information content (AvgIpc) is 3.11. The van der Waals surface area contributed by atoms with Gasteiger partial charge in [0.2, 0.25) is 5.91 Å². The molecule has 0 unspecified atom stereocenters. The van der Waals surface area contributed by atoms with E-state index in [-0.39, 0.29) is 35.7 Å². The topological polar surface area (TPSA) is 122 Å². The van der Waals surface area contributed by atoms with Crippen molar-refractivity contribution < 1.29 is 19.3 Å². The van der Waals surface area contributed by atoms with E-state index in [2.05, 4.69) is 10.6 Å². The predicted octanol–water partition coefficient (Wildman–Crippen LogP) is 5.44. The van der Waals surface area contributed by atoms with Crippen LogP contribution in [0.25, 0.3) is 0 Å². The lowest BCUT2D eigenvalue weighted by Crippen LogP contribution is -2.30. The highest BCUT2D eigenvalue weighted by atomic mass is 16.6. The maximum Gasteiger partial charge on any atom is 0.282 e. The standard InChI is InChI=1S/C27H26N4O5/c1-18-13-15-19(16-14-18)28-21-9-4-5-10-22(21)29-24(32)12-3-2-6-17-30-26(33)20-8-7-11-23(31(35)36)25(20)27(30)34/h4-5,7-11,13-16,28H,2-3,6,12,17H2,1H3,(H,29,32). The first-order valence-corrected chi connectivity index (χ1v) is 11.7. The third-order valence-corrected chi connectivity index (χ3v) is 5.99. The minimum Gasteiger partial charge on any atom is -0.354 e. The minimum absolute atomic E-state index is 0.0616. The summed E-state index contributed by atoms with van der Waals surface area (Å²) in [7, 11) is 0. The van der Waals surface area contributed by atoms with Crippen LogP contribution in [-0.4, -0.2) is 34.1 Å². The highest BCUT2D eigenvalue weighted by molar-refractivity contribution is 6.23. The van der Waals surface area contributed by atoms with Crippen molar-refractivity contribution >= 4 is 40.5 Å². The number of benzene rings is 3. The smallest absolute Gasteiger partial charge is 0.282 e. The molecule has 0 radical (unpaired) electrons. The summed E-state index contributed by atoms with van der Waals surface area (Å²) in [5.74, 6) is -1.30. The first-order valence-electron chi connectivity index (χ1n) is 11.7. The van der Waals surface area contributed by atoms with Gasteiger partial charge in [0.25, 0.3) is 17.5 Å². The number of nitrogens with one attached hydrogen (secondary N) is 2. The number of nitro benzene ring substituents is 1. The maximum atomic E-state index is 12.6. The largest absolute Gasteiger partial charge is 0.354 e. The van der Waals surface area contributed by atoms with Crippen molar-refractivity contribution in [3.63, 3.8) is 0 Å². The molecule has 9 heteroatoms. The van der Waals surface area contributed by atoms with Crippen LogP contribution >= 0.6 is 0 Å². The maximum absolute atomic E-state index is 12.6. The van der Waals surface area contributed by atoms with Crippen molar-refractivity contribution in [2.24, 2.45) is 0 Å². The zero-order valence-electron chi connectivity index (χ0n) is 19.8. The van der Waals surface area contributed by atoms with Crippen LogP contribution in [0.3, 0.4) is 0 Å². The Labute approximate surface area is 208 Å². The van der Waals surface area contributed by atoms with Gasteiger partial charge >= 0.3 is 0 Å². The predicted molar refractivity (Wildman–Crippen MR) is 136 cm³/mol. The van der Waals surface area contributed by atoms with E-state index < -0.39 is 16.7 Å². The van der Waals surface area contributed by atoms with Gasteiger partial charge in [-0.05, 0) is 50.1 Å². The summed E-state index contributed by atoms with van der Waals surface area (Å²) in [4.78, 5) is 49.3. The van der Waals surface area contributed by atoms with E-state index in [0.717, 1.165) is 21.8 Å². The number of carbonyl (C=O) groups is 3. The van der Waals surface area contributed by atoms with Crippen LogP contribution in [0.5, 0.6) is 0 Å². The third kappa shape index (κ3) is 5.41. The molecule has 3 aromatic carbocycles. The third-order valence-electron chi connectivity index (χ3n) is 5.99. The number of anilines is 3. The zero-order valence-corrected chi connectivity index (χ0v) is 19.8. The molecule has 0 bridgehead atoms. The number of nitro groups is 1. The van der Waals surface area contributed by atoms with E-state index in [1.54, 1.807) is 0 Å². The van der Waals surface area contributed by atoms with E-state index in [1.807, 2.05) is 55.5 Å². The first kappa shape index (κ1) is 24.6. The van der Waals surface area contributed by atoms with Crippen molar-refractivity contribution in [3.05, 3.63) is 93.5 Å². The number of hydrogen-bond acceptors (Lipinski definition) is 6. The normalized spacial score (nSPS) is 12.4. The number of fused-ring (bicyclic) bond motifs is 1. The summed E-state index contributed by atoms with van der Waals surface area (Å²) in [5, 5.41) is 17.5. The van der Waals surface area contributed by atoms with Crippen LogP contribution in [0.15, 0.2) is 66.7 Å². The lowest BCUT2D eigenvalue weighted by Gasteiger charge is -2.14. The highest BCUT2D eigenvalue weighted by Crippen LogP contribution is 2.31. The summed E-state index contributed by atoms with van der Waals surface area (Å²) in [6.07, 6.45) is 1.97. The van der Waals surface area contributed by atoms with Gasteiger partial charge in [-0.1, -0.05) is 42.3 Å². The van der Waals surface area contributed by atoms with Crippen LogP contribution < -0.4 is 10.6 Å². The lowest BCUT2D eigenvalue weighted by molar-refractivity contribution is -0.385. The number of amides is 3. The Kier molecular flexibility index (Phi) is 7.39. The Bertz CT molecular complexity index is 1320. The Morgan fingerprint density at radius 1 is 0.889 bits per heavy atom. The van der Waals surface area contributed by atoms with Crippen LogP contribution in [0, 0.1) is 17.0 Å². The molecular formula is C27H26N4O5. The van der Waals surface area contributed by atoms with Crippen molar-refractivity contribution in [2.75, 3.05) is 17.2 Å². The number of nitrogens with zero attached hydrogens (tertiary/aromatic N) is 2. The molecule has 9 nitrogen and oxygen atoms in total. The molecule has 0 saturated heterocycles. The summed E-state index contributed by atoms with van der Waals surface area (Å²) >= 11 is 0. The Hall–Kier alpha value is -4.53. The molecule has 1 aliphatic rings. The number of rotatable bonds is 10. The monoisotopic (exact) mass is 486 g/mol. The van der Waals surface area contributed by atoms with Gasteiger partial charge in [0.05, 0.1) is 21.9 Å². The Morgan fingerprint density at radius 2 is 1.61 bits per heavy atom. The summed E-state index contributed by atoms with van der Waals surface area (Å²) in [5.41, 5.74) is 3.09. The molecule has 0 spiro atoms. The second kappa shape index (κ2) is 10.8. The summed E-state index contributed by atoms with van der Waals surface area (Å²) in [6.45, 7) is 2.16. The van der Waals surface area contributed by atoms with Gasteiger partial charge in [-0.2, -0.15) is 0 Å². The SMILES string of the molecule is Cc1ccc(Nc2ccccc2NC(=O)CCCCCN2C(=O)c3cccc([N+](=O)[O-])c3C2=O)cc1. The fourth-order valence-electron chi connectivity index (χ4n) is 4.11. The van der Waals surface area contributed by atoms with E-state index >= 15 is 0 Å². The number of carbonyl (C=O) groups excluding carboxylic acids is 3. The molecule has 0 atom stereocenters. The molecular weight excluding hydrogens is 460 g/mol. The average molecular weight is 487 g/mol. The summed E-state index contributed by atoms with van der Waals surface area (Å²) < 4.78 is 0. The van der Waals surface area contributed by atoms with Gasteiger partial charge in [0.1, 0.15) is 5.56 Å². The van der Waals surface area contributed by atoms with Gasteiger partial charge in [-0.15, -0.1) is 0 Å².